The second kappa shape index (κ2) is 8.37. The van der Waals surface area contributed by atoms with Gasteiger partial charge in [0.05, 0.1) is 12.1 Å². The van der Waals surface area contributed by atoms with Crippen molar-refractivity contribution in [3.05, 3.63) is 59.6 Å². The number of aromatic nitrogens is 3. The first kappa shape index (κ1) is 18.4. The zero-order valence-corrected chi connectivity index (χ0v) is 15.7. The van der Waals surface area contributed by atoms with Crippen molar-refractivity contribution in [1.82, 2.24) is 20.1 Å². The van der Waals surface area contributed by atoms with Gasteiger partial charge in [0, 0.05) is 25.8 Å². The van der Waals surface area contributed by atoms with Crippen LogP contribution < -0.4 is 5.32 Å². The van der Waals surface area contributed by atoms with E-state index in [0.29, 0.717) is 36.5 Å². The Hall–Kier alpha value is -2.96. The highest BCUT2D eigenvalue weighted by atomic mass is 19.1. The zero-order chi connectivity index (χ0) is 19.3. The van der Waals surface area contributed by atoms with Gasteiger partial charge in [-0.15, -0.1) is 10.2 Å². The summed E-state index contributed by atoms with van der Waals surface area (Å²) in [5, 5.41) is 11.4. The van der Waals surface area contributed by atoms with Gasteiger partial charge in [0.1, 0.15) is 23.2 Å². The number of nitrogens with one attached hydrogen (secondary N) is 1. The standard InChI is InChI=1S/C21H23FN4O2/c22-17-7-4-3-6-16(17)18-11-9-15(28-18)10-12-21(27)23-14-20-25-24-19-8-2-1-5-13-26(19)20/h3-4,6-7,9,11H,1-2,5,8,10,12-14H2,(H,23,27). The van der Waals surface area contributed by atoms with Crippen molar-refractivity contribution in [2.24, 2.45) is 0 Å². The van der Waals surface area contributed by atoms with E-state index in [4.69, 9.17) is 4.42 Å². The van der Waals surface area contributed by atoms with E-state index < -0.39 is 0 Å². The Balaban J connectivity index is 1.30. The fraction of sp³-hybridized carbons (Fsp3) is 0.381. The number of benzene rings is 1. The lowest BCUT2D eigenvalue weighted by molar-refractivity contribution is -0.121. The highest BCUT2D eigenvalue weighted by Crippen LogP contribution is 2.25. The lowest BCUT2D eigenvalue weighted by Crippen LogP contribution is -2.25. The van der Waals surface area contributed by atoms with Crippen LogP contribution in [0.2, 0.25) is 0 Å². The maximum Gasteiger partial charge on any atom is 0.220 e. The van der Waals surface area contributed by atoms with E-state index >= 15 is 0 Å². The lowest BCUT2D eigenvalue weighted by Gasteiger charge is -2.08. The van der Waals surface area contributed by atoms with Crippen LogP contribution in [0.1, 0.15) is 43.1 Å². The lowest BCUT2D eigenvalue weighted by atomic mass is 10.1. The molecule has 4 rings (SSSR count). The van der Waals surface area contributed by atoms with Gasteiger partial charge in [-0.1, -0.05) is 18.6 Å². The highest BCUT2D eigenvalue weighted by Gasteiger charge is 2.15. The van der Waals surface area contributed by atoms with Crippen molar-refractivity contribution in [3.8, 4) is 11.3 Å². The second-order valence-electron chi connectivity index (χ2n) is 7.02. The summed E-state index contributed by atoms with van der Waals surface area (Å²) in [5.41, 5.74) is 0.422. The third-order valence-electron chi connectivity index (χ3n) is 5.03. The monoisotopic (exact) mass is 382 g/mol. The number of hydrogen-bond donors (Lipinski definition) is 1. The number of fused-ring (bicyclic) bond motifs is 1. The SMILES string of the molecule is O=C(CCc1ccc(-c2ccccc2F)o1)NCc1nnc2n1CCCCC2. The van der Waals surface area contributed by atoms with Crippen LogP contribution in [0, 0.1) is 5.82 Å². The van der Waals surface area contributed by atoms with Crippen LogP contribution in [0.15, 0.2) is 40.8 Å². The van der Waals surface area contributed by atoms with Crippen molar-refractivity contribution >= 4 is 5.91 Å². The molecule has 146 valence electrons. The fourth-order valence-electron chi connectivity index (χ4n) is 3.50. The third kappa shape index (κ3) is 4.13. The van der Waals surface area contributed by atoms with Crippen LogP contribution in [0.3, 0.4) is 0 Å². The van der Waals surface area contributed by atoms with E-state index in [2.05, 4.69) is 20.1 Å². The molecule has 6 nitrogen and oxygen atoms in total. The van der Waals surface area contributed by atoms with Crippen molar-refractivity contribution in [2.45, 2.75) is 51.6 Å². The van der Waals surface area contributed by atoms with E-state index in [9.17, 15) is 9.18 Å². The van der Waals surface area contributed by atoms with Crippen LogP contribution in [-0.2, 0) is 30.7 Å². The molecule has 3 heterocycles. The quantitative estimate of drug-likeness (QED) is 0.706. The highest BCUT2D eigenvalue weighted by molar-refractivity contribution is 5.76. The molecule has 0 unspecified atom stereocenters. The summed E-state index contributed by atoms with van der Waals surface area (Å²) >= 11 is 0. The van der Waals surface area contributed by atoms with Gasteiger partial charge in [-0.05, 0) is 37.1 Å². The molecule has 1 aromatic carbocycles. The molecule has 1 aliphatic rings. The summed E-state index contributed by atoms with van der Waals surface area (Å²) in [5.74, 6) is 2.55. The van der Waals surface area contributed by atoms with Crippen LogP contribution >= 0.6 is 0 Å². The number of amides is 1. The van der Waals surface area contributed by atoms with Crippen molar-refractivity contribution in [3.63, 3.8) is 0 Å². The molecule has 1 N–H and O–H groups in total. The number of nitrogens with zero attached hydrogens (tertiary/aromatic N) is 3. The van der Waals surface area contributed by atoms with Crippen LogP contribution in [0.4, 0.5) is 4.39 Å². The number of aryl methyl sites for hydroxylation is 2. The molecule has 7 heteroatoms. The third-order valence-corrected chi connectivity index (χ3v) is 5.03. The number of carbonyl (C=O) groups is 1. The molecule has 28 heavy (non-hydrogen) atoms. The zero-order valence-electron chi connectivity index (χ0n) is 15.7. The summed E-state index contributed by atoms with van der Waals surface area (Å²) in [4.78, 5) is 12.2. The second-order valence-corrected chi connectivity index (χ2v) is 7.02. The number of hydrogen-bond acceptors (Lipinski definition) is 4. The molecule has 0 radical (unpaired) electrons. The molecule has 0 saturated carbocycles. The average molecular weight is 382 g/mol. The Labute approximate surface area is 162 Å². The molecule has 0 atom stereocenters. The molecule has 0 bridgehead atoms. The van der Waals surface area contributed by atoms with Gasteiger partial charge in [-0.25, -0.2) is 4.39 Å². The summed E-state index contributed by atoms with van der Waals surface area (Å²) < 4.78 is 21.7. The number of furan rings is 1. The molecule has 2 aromatic heterocycles. The van der Waals surface area contributed by atoms with Gasteiger partial charge in [0.15, 0.2) is 5.82 Å². The Morgan fingerprint density at radius 1 is 1.14 bits per heavy atom. The van der Waals surface area contributed by atoms with E-state index in [1.165, 1.54) is 12.5 Å². The van der Waals surface area contributed by atoms with Crippen molar-refractivity contribution in [1.29, 1.82) is 0 Å². The van der Waals surface area contributed by atoms with Gasteiger partial charge in [0.2, 0.25) is 5.91 Å². The molecule has 1 amide bonds. The smallest absolute Gasteiger partial charge is 0.220 e. The van der Waals surface area contributed by atoms with E-state index in [-0.39, 0.29) is 11.7 Å². The maximum absolute atomic E-state index is 13.8. The van der Waals surface area contributed by atoms with Crippen LogP contribution in [0.25, 0.3) is 11.3 Å². The number of carbonyl (C=O) groups excluding carboxylic acids is 1. The van der Waals surface area contributed by atoms with Gasteiger partial charge in [-0.2, -0.15) is 0 Å². The van der Waals surface area contributed by atoms with Gasteiger partial charge >= 0.3 is 0 Å². The topological polar surface area (TPSA) is 73.0 Å². The molecular formula is C21H23FN4O2. The number of rotatable bonds is 6. The Kier molecular flexibility index (Phi) is 5.50. The first-order valence-electron chi connectivity index (χ1n) is 9.72. The minimum Gasteiger partial charge on any atom is -0.461 e. The van der Waals surface area contributed by atoms with Gasteiger partial charge in [0.25, 0.3) is 0 Å². The minimum atomic E-state index is -0.325. The van der Waals surface area contributed by atoms with E-state index in [1.807, 2.05) is 0 Å². The summed E-state index contributed by atoms with van der Waals surface area (Å²) in [6.45, 7) is 1.29. The molecule has 1 aliphatic heterocycles. The minimum absolute atomic E-state index is 0.0742. The Morgan fingerprint density at radius 3 is 2.93 bits per heavy atom. The predicted octanol–water partition coefficient (Wildman–Crippen LogP) is 3.65. The van der Waals surface area contributed by atoms with Gasteiger partial charge in [-0.3, -0.25) is 4.79 Å². The molecule has 3 aromatic rings. The molecule has 0 spiro atoms. The van der Waals surface area contributed by atoms with Crippen molar-refractivity contribution < 1.29 is 13.6 Å². The normalized spacial score (nSPS) is 13.8. The van der Waals surface area contributed by atoms with E-state index in [0.717, 1.165) is 37.5 Å². The van der Waals surface area contributed by atoms with Crippen molar-refractivity contribution in [2.75, 3.05) is 0 Å². The molecular weight excluding hydrogens is 359 g/mol. The van der Waals surface area contributed by atoms with Crippen LogP contribution in [0.5, 0.6) is 0 Å². The largest absolute Gasteiger partial charge is 0.461 e. The Morgan fingerprint density at radius 2 is 2.04 bits per heavy atom. The predicted molar refractivity (Wildman–Crippen MR) is 102 cm³/mol. The average Bonchev–Trinajstić information content (AvgIpc) is 3.26. The number of halogens is 1. The Bertz CT molecular complexity index is 963. The summed E-state index contributed by atoms with van der Waals surface area (Å²) in [7, 11) is 0. The molecule has 0 fully saturated rings. The molecule has 0 aliphatic carbocycles. The first-order valence-corrected chi connectivity index (χ1v) is 9.72. The summed E-state index contributed by atoms with van der Waals surface area (Å²) in [6, 6.07) is 9.99. The summed E-state index contributed by atoms with van der Waals surface area (Å²) in [6.07, 6.45) is 5.16. The maximum atomic E-state index is 13.8. The van der Waals surface area contributed by atoms with Gasteiger partial charge < -0.3 is 14.3 Å². The van der Waals surface area contributed by atoms with E-state index in [1.54, 1.807) is 30.3 Å². The first-order chi connectivity index (χ1) is 13.7. The molecule has 0 saturated heterocycles. The van der Waals surface area contributed by atoms with Crippen LogP contribution in [-0.4, -0.2) is 20.7 Å². The fourth-order valence-corrected chi connectivity index (χ4v) is 3.50.